The predicted octanol–water partition coefficient (Wildman–Crippen LogP) is 5.46. The number of rotatable bonds is 6. The van der Waals surface area contributed by atoms with E-state index in [1.54, 1.807) is 30.3 Å². The van der Waals surface area contributed by atoms with Crippen molar-refractivity contribution in [3.63, 3.8) is 0 Å². The Morgan fingerprint density at radius 1 is 1.00 bits per heavy atom. The summed E-state index contributed by atoms with van der Waals surface area (Å²) >= 11 is 12.0. The van der Waals surface area contributed by atoms with Crippen molar-refractivity contribution in [3.05, 3.63) is 81.8 Å². The molecule has 3 N–H and O–H groups in total. The number of nitrogen functional groups attached to an aromatic ring is 1. The van der Waals surface area contributed by atoms with Crippen LogP contribution in [0.1, 0.15) is 15.9 Å². The van der Waals surface area contributed by atoms with Crippen molar-refractivity contribution < 1.29 is 13.7 Å². The first kappa shape index (κ1) is 20.1. The molecule has 4 aromatic rings. The van der Waals surface area contributed by atoms with Crippen molar-refractivity contribution in [2.75, 3.05) is 12.3 Å². The molecule has 0 fully saturated rings. The number of nitrogens with two attached hydrogens (primary N) is 1. The summed E-state index contributed by atoms with van der Waals surface area (Å²) in [6.07, 6.45) is 0.618. The van der Waals surface area contributed by atoms with E-state index in [1.165, 1.54) is 0 Å². The number of nitrogens with one attached hydrogen (secondary N) is 1. The zero-order valence-corrected chi connectivity index (χ0v) is 17.2. The van der Waals surface area contributed by atoms with Gasteiger partial charge in [-0.3, -0.25) is 4.79 Å². The fraction of sp³-hybridized carbons (Fsp3) is 0.0909. The molecule has 0 atom stereocenters. The molecule has 0 saturated carbocycles. The van der Waals surface area contributed by atoms with Crippen molar-refractivity contribution in [2.24, 2.45) is 0 Å². The molecule has 0 spiro atoms. The van der Waals surface area contributed by atoms with Crippen molar-refractivity contribution in [2.45, 2.75) is 6.42 Å². The Morgan fingerprint density at radius 2 is 1.73 bits per heavy atom. The Labute approximate surface area is 182 Å². The summed E-state index contributed by atoms with van der Waals surface area (Å²) < 4.78 is 10.9. The second-order valence-corrected chi connectivity index (χ2v) is 7.45. The van der Waals surface area contributed by atoms with E-state index in [9.17, 15) is 4.79 Å². The molecule has 0 aliphatic heterocycles. The van der Waals surface area contributed by atoms with E-state index in [0.29, 0.717) is 34.5 Å². The highest BCUT2D eigenvalue weighted by Gasteiger charge is 2.24. The van der Waals surface area contributed by atoms with Crippen molar-refractivity contribution in [1.82, 2.24) is 10.5 Å². The summed E-state index contributed by atoms with van der Waals surface area (Å²) in [6.45, 7) is 0.398. The number of hydrogen-bond donors (Lipinski definition) is 2. The van der Waals surface area contributed by atoms with Gasteiger partial charge in [0.15, 0.2) is 11.5 Å². The minimum atomic E-state index is -0.397. The van der Waals surface area contributed by atoms with Gasteiger partial charge in [0.05, 0.1) is 0 Å². The van der Waals surface area contributed by atoms with Crippen molar-refractivity contribution in [3.8, 4) is 22.8 Å². The van der Waals surface area contributed by atoms with Gasteiger partial charge in [0.1, 0.15) is 11.3 Å². The third kappa shape index (κ3) is 4.35. The topological polar surface area (TPSA) is 94.3 Å². The molecule has 8 heteroatoms. The third-order valence-electron chi connectivity index (χ3n) is 4.48. The molecule has 30 heavy (non-hydrogen) atoms. The zero-order chi connectivity index (χ0) is 21.1. The van der Waals surface area contributed by atoms with E-state index >= 15 is 0 Å². The summed E-state index contributed by atoms with van der Waals surface area (Å²) in [5.74, 6) is 0.476. The average molecular weight is 442 g/mol. The lowest BCUT2D eigenvalue weighted by Gasteiger charge is -2.05. The average Bonchev–Trinajstić information content (AvgIpc) is 3.35. The molecular weight excluding hydrogens is 425 g/mol. The largest absolute Gasteiger partial charge is 0.454 e. The Bertz CT molecular complexity index is 1200. The molecule has 2 aromatic heterocycles. The van der Waals surface area contributed by atoms with Gasteiger partial charge in [0.2, 0.25) is 5.88 Å². The van der Waals surface area contributed by atoms with E-state index in [-0.39, 0.29) is 17.1 Å². The number of anilines is 1. The number of furan rings is 1. The highest BCUT2D eigenvalue weighted by Crippen LogP contribution is 2.32. The maximum absolute atomic E-state index is 12.7. The Kier molecular flexibility index (Phi) is 5.79. The van der Waals surface area contributed by atoms with Crippen LogP contribution >= 0.6 is 23.2 Å². The summed E-state index contributed by atoms with van der Waals surface area (Å²) in [5, 5.41) is 7.98. The number of carbonyl (C=O) groups is 1. The van der Waals surface area contributed by atoms with E-state index < -0.39 is 5.91 Å². The second kappa shape index (κ2) is 8.65. The van der Waals surface area contributed by atoms with E-state index in [0.717, 1.165) is 11.1 Å². The second-order valence-electron chi connectivity index (χ2n) is 6.58. The van der Waals surface area contributed by atoms with Crippen LogP contribution < -0.4 is 11.1 Å². The van der Waals surface area contributed by atoms with Crippen LogP contribution in [0.5, 0.6) is 0 Å². The van der Waals surface area contributed by atoms with Gasteiger partial charge in [-0.1, -0.05) is 52.6 Å². The SMILES string of the molecule is Nc1onc(-c2ccc(-c3cccc(Cl)c3)o2)c1C(=O)NCCc1cccc(Cl)c1. The Hall–Kier alpha value is -3.22. The van der Waals surface area contributed by atoms with Crippen LogP contribution in [-0.4, -0.2) is 17.6 Å². The molecule has 2 aromatic carbocycles. The number of hydrogen-bond acceptors (Lipinski definition) is 5. The van der Waals surface area contributed by atoms with Gasteiger partial charge in [0.25, 0.3) is 5.91 Å². The summed E-state index contributed by atoms with van der Waals surface area (Å²) in [5.41, 5.74) is 8.04. The Balaban J connectivity index is 1.51. The van der Waals surface area contributed by atoms with Gasteiger partial charge >= 0.3 is 0 Å². The van der Waals surface area contributed by atoms with Crippen LogP contribution in [0, 0.1) is 0 Å². The van der Waals surface area contributed by atoms with Crippen LogP contribution in [0.25, 0.3) is 22.8 Å². The molecule has 6 nitrogen and oxygen atoms in total. The number of benzene rings is 2. The van der Waals surface area contributed by atoms with Gasteiger partial charge in [-0.2, -0.15) is 0 Å². The summed E-state index contributed by atoms with van der Waals surface area (Å²) in [4.78, 5) is 12.7. The summed E-state index contributed by atoms with van der Waals surface area (Å²) in [6, 6.07) is 18.2. The van der Waals surface area contributed by atoms with Crippen LogP contribution in [-0.2, 0) is 6.42 Å². The highest BCUT2D eigenvalue weighted by molar-refractivity contribution is 6.31. The molecule has 0 radical (unpaired) electrons. The lowest BCUT2D eigenvalue weighted by Crippen LogP contribution is -2.26. The molecule has 0 bridgehead atoms. The first-order chi connectivity index (χ1) is 14.5. The lowest BCUT2D eigenvalue weighted by atomic mass is 10.1. The minimum absolute atomic E-state index is 0.0778. The standard InChI is InChI=1S/C22H17Cl2N3O3/c23-15-5-1-3-13(11-15)9-10-26-22(28)19-20(27-30-21(19)25)18-8-7-17(29-18)14-4-2-6-16(24)12-14/h1-8,11-12H,9-10,25H2,(H,26,28). The number of halogens is 2. The molecular formula is C22H17Cl2N3O3. The molecule has 152 valence electrons. The minimum Gasteiger partial charge on any atom is -0.454 e. The van der Waals surface area contributed by atoms with E-state index in [1.807, 2.05) is 30.3 Å². The van der Waals surface area contributed by atoms with Crippen LogP contribution in [0.2, 0.25) is 10.0 Å². The van der Waals surface area contributed by atoms with Gasteiger partial charge < -0.3 is 20.0 Å². The molecule has 1 amide bonds. The lowest BCUT2D eigenvalue weighted by molar-refractivity contribution is 0.0955. The fourth-order valence-corrected chi connectivity index (χ4v) is 3.46. The number of amides is 1. The normalized spacial score (nSPS) is 10.9. The first-order valence-corrected chi connectivity index (χ1v) is 9.91. The van der Waals surface area contributed by atoms with Gasteiger partial charge in [0, 0.05) is 22.2 Å². The molecule has 0 unspecified atom stereocenters. The van der Waals surface area contributed by atoms with Gasteiger partial charge in [-0.15, -0.1) is 0 Å². The third-order valence-corrected chi connectivity index (χ3v) is 4.95. The smallest absolute Gasteiger partial charge is 0.259 e. The van der Waals surface area contributed by atoms with Gasteiger partial charge in [-0.05, 0) is 48.4 Å². The number of nitrogens with zero attached hydrogens (tertiary/aromatic N) is 1. The first-order valence-electron chi connectivity index (χ1n) is 9.15. The highest BCUT2D eigenvalue weighted by atomic mass is 35.5. The molecule has 2 heterocycles. The molecule has 0 aliphatic rings. The monoisotopic (exact) mass is 441 g/mol. The predicted molar refractivity (Wildman–Crippen MR) is 117 cm³/mol. The molecule has 4 rings (SSSR count). The number of carbonyl (C=O) groups excluding carboxylic acids is 1. The fourth-order valence-electron chi connectivity index (χ4n) is 3.05. The van der Waals surface area contributed by atoms with Crippen molar-refractivity contribution in [1.29, 1.82) is 0 Å². The van der Waals surface area contributed by atoms with Crippen molar-refractivity contribution >= 4 is 35.0 Å². The van der Waals surface area contributed by atoms with E-state index in [4.69, 9.17) is 37.9 Å². The molecule has 0 aliphatic carbocycles. The summed E-state index contributed by atoms with van der Waals surface area (Å²) in [7, 11) is 0. The maximum Gasteiger partial charge on any atom is 0.259 e. The van der Waals surface area contributed by atoms with E-state index in [2.05, 4.69) is 10.5 Å². The van der Waals surface area contributed by atoms with Crippen LogP contribution in [0.3, 0.4) is 0 Å². The van der Waals surface area contributed by atoms with Crippen LogP contribution in [0.15, 0.2) is 69.6 Å². The quantitative estimate of drug-likeness (QED) is 0.413. The molecule has 0 saturated heterocycles. The zero-order valence-electron chi connectivity index (χ0n) is 15.7. The van der Waals surface area contributed by atoms with Gasteiger partial charge in [-0.25, -0.2) is 0 Å². The maximum atomic E-state index is 12.7. The van der Waals surface area contributed by atoms with Crippen LogP contribution in [0.4, 0.5) is 5.88 Å². The Morgan fingerprint density at radius 3 is 2.50 bits per heavy atom. The number of aromatic nitrogens is 1.